The van der Waals surface area contributed by atoms with Gasteiger partial charge in [0.2, 0.25) is 0 Å². The Kier molecular flexibility index (Phi) is 6.78. The molecule has 1 rings (SSSR count). The van der Waals surface area contributed by atoms with E-state index in [2.05, 4.69) is 56.7 Å². The monoisotopic (exact) mass is 269 g/mol. The van der Waals surface area contributed by atoms with Gasteiger partial charge in [0.1, 0.15) is 0 Å². The molecule has 0 aliphatic carbocycles. The molecule has 0 atom stereocenters. The zero-order chi connectivity index (χ0) is 14.5. The summed E-state index contributed by atoms with van der Waals surface area (Å²) in [5.41, 5.74) is 0.284. The summed E-state index contributed by atoms with van der Waals surface area (Å²) in [7, 11) is 0. The molecule has 19 heavy (non-hydrogen) atoms. The molecule has 1 aliphatic heterocycles. The van der Waals surface area contributed by atoms with Gasteiger partial charge in [-0.25, -0.2) is 0 Å². The van der Waals surface area contributed by atoms with Crippen molar-refractivity contribution < 1.29 is 0 Å². The van der Waals surface area contributed by atoms with Crippen LogP contribution < -0.4 is 5.32 Å². The lowest BCUT2D eigenvalue weighted by atomic mass is 9.99. The summed E-state index contributed by atoms with van der Waals surface area (Å²) in [5.74, 6) is 1.50. The fourth-order valence-corrected chi connectivity index (χ4v) is 3.15. The fraction of sp³-hybridized carbons (Fsp3) is 1.00. The molecule has 1 N–H and O–H groups in total. The molecule has 1 aliphatic rings. The average molecular weight is 269 g/mol. The fourth-order valence-electron chi connectivity index (χ4n) is 3.15. The van der Waals surface area contributed by atoms with E-state index in [1.54, 1.807) is 0 Å². The maximum absolute atomic E-state index is 3.45. The molecule has 114 valence electrons. The Morgan fingerprint density at radius 1 is 1.00 bits per heavy atom. The zero-order valence-corrected chi connectivity index (χ0v) is 14.0. The van der Waals surface area contributed by atoms with E-state index < -0.39 is 0 Å². The van der Waals surface area contributed by atoms with Crippen molar-refractivity contribution in [3.8, 4) is 0 Å². The molecule has 3 nitrogen and oxygen atoms in total. The number of hydrogen-bond donors (Lipinski definition) is 1. The molecular formula is C16H35N3. The van der Waals surface area contributed by atoms with Crippen LogP contribution in [-0.2, 0) is 0 Å². The lowest BCUT2D eigenvalue weighted by Gasteiger charge is -2.44. The number of rotatable bonds is 7. The molecular weight excluding hydrogens is 234 g/mol. The molecule has 0 unspecified atom stereocenters. The summed E-state index contributed by atoms with van der Waals surface area (Å²) in [6, 6.07) is 0. The Morgan fingerprint density at radius 3 is 1.89 bits per heavy atom. The predicted octanol–water partition coefficient (Wildman–Crippen LogP) is 2.28. The summed E-state index contributed by atoms with van der Waals surface area (Å²) < 4.78 is 0. The van der Waals surface area contributed by atoms with Crippen molar-refractivity contribution in [3.63, 3.8) is 0 Å². The molecule has 0 saturated carbocycles. The van der Waals surface area contributed by atoms with E-state index in [1.165, 1.54) is 32.7 Å². The van der Waals surface area contributed by atoms with Crippen molar-refractivity contribution in [2.45, 2.75) is 47.1 Å². The van der Waals surface area contributed by atoms with Crippen molar-refractivity contribution in [3.05, 3.63) is 0 Å². The molecule has 0 spiro atoms. The lowest BCUT2D eigenvalue weighted by Crippen LogP contribution is -2.58. The van der Waals surface area contributed by atoms with Crippen LogP contribution in [0.3, 0.4) is 0 Å². The second-order valence-electron chi connectivity index (χ2n) is 7.53. The van der Waals surface area contributed by atoms with E-state index in [1.807, 2.05) is 0 Å². The summed E-state index contributed by atoms with van der Waals surface area (Å²) in [4.78, 5) is 5.31. The Bertz CT molecular complexity index is 232. The van der Waals surface area contributed by atoms with Gasteiger partial charge in [-0.05, 0) is 25.7 Å². The van der Waals surface area contributed by atoms with Gasteiger partial charge in [0.25, 0.3) is 0 Å². The highest BCUT2D eigenvalue weighted by Gasteiger charge is 2.30. The van der Waals surface area contributed by atoms with Gasteiger partial charge >= 0.3 is 0 Å². The van der Waals surface area contributed by atoms with E-state index in [9.17, 15) is 0 Å². The van der Waals surface area contributed by atoms with Gasteiger partial charge in [0.15, 0.2) is 0 Å². The highest BCUT2D eigenvalue weighted by molar-refractivity contribution is 4.88. The van der Waals surface area contributed by atoms with E-state index >= 15 is 0 Å². The number of piperazine rings is 1. The van der Waals surface area contributed by atoms with E-state index in [0.29, 0.717) is 0 Å². The van der Waals surface area contributed by atoms with E-state index in [-0.39, 0.29) is 5.54 Å². The number of hydrogen-bond acceptors (Lipinski definition) is 3. The first kappa shape index (κ1) is 16.9. The third-order valence-electron chi connectivity index (χ3n) is 3.83. The molecule has 0 bridgehead atoms. The van der Waals surface area contributed by atoms with Gasteiger partial charge in [0.05, 0.1) is 0 Å². The summed E-state index contributed by atoms with van der Waals surface area (Å²) in [5, 5.41) is 3.45. The van der Waals surface area contributed by atoms with E-state index in [0.717, 1.165) is 24.9 Å². The van der Waals surface area contributed by atoms with Crippen molar-refractivity contribution >= 4 is 0 Å². The van der Waals surface area contributed by atoms with Crippen molar-refractivity contribution in [2.75, 3.05) is 45.8 Å². The second-order valence-corrected chi connectivity index (χ2v) is 7.53. The lowest BCUT2D eigenvalue weighted by molar-refractivity contribution is 0.0550. The molecule has 3 heteroatoms. The number of nitrogens with one attached hydrogen (secondary N) is 1. The topological polar surface area (TPSA) is 18.5 Å². The minimum Gasteiger partial charge on any atom is -0.314 e. The molecule has 0 aromatic carbocycles. The normalized spacial score (nSPS) is 18.8. The molecule has 1 heterocycles. The van der Waals surface area contributed by atoms with Crippen LogP contribution >= 0.6 is 0 Å². The van der Waals surface area contributed by atoms with Crippen LogP contribution in [0.5, 0.6) is 0 Å². The highest BCUT2D eigenvalue weighted by Crippen LogP contribution is 2.18. The van der Waals surface area contributed by atoms with Gasteiger partial charge in [0, 0.05) is 51.4 Å². The first-order valence-electron chi connectivity index (χ1n) is 7.99. The van der Waals surface area contributed by atoms with Crippen LogP contribution in [-0.4, -0.2) is 61.2 Å². The third kappa shape index (κ3) is 6.24. The molecule has 0 amide bonds. The molecule has 0 radical (unpaired) electrons. The molecule has 0 aromatic heterocycles. The first-order valence-corrected chi connectivity index (χ1v) is 7.99. The largest absolute Gasteiger partial charge is 0.314 e. The second kappa shape index (κ2) is 7.61. The van der Waals surface area contributed by atoms with Gasteiger partial charge in [-0.3, -0.25) is 4.90 Å². The SMILES string of the molecule is CC(C)CN(CC(C)C)CC(C)(C)N1CCNCC1. The van der Waals surface area contributed by atoms with Gasteiger partial charge in [-0.15, -0.1) is 0 Å². The molecule has 1 saturated heterocycles. The Hall–Kier alpha value is -0.120. The van der Waals surface area contributed by atoms with E-state index in [4.69, 9.17) is 0 Å². The summed E-state index contributed by atoms with van der Waals surface area (Å²) in [6.07, 6.45) is 0. The maximum atomic E-state index is 3.45. The Labute approximate surface area is 120 Å². The van der Waals surface area contributed by atoms with Gasteiger partial charge < -0.3 is 10.2 Å². The minimum atomic E-state index is 0.284. The van der Waals surface area contributed by atoms with Crippen LogP contribution in [0.15, 0.2) is 0 Å². The minimum absolute atomic E-state index is 0.284. The van der Waals surface area contributed by atoms with Crippen molar-refractivity contribution in [1.82, 2.24) is 15.1 Å². The van der Waals surface area contributed by atoms with Gasteiger partial charge in [-0.2, -0.15) is 0 Å². The van der Waals surface area contributed by atoms with Crippen LogP contribution in [0.25, 0.3) is 0 Å². The maximum Gasteiger partial charge on any atom is 0.0281 e. The van der Waals surface area contributed by atoms with Crippen LogP contribution in [0.1, 0.15) is 41.5 Å². The Morgan fingerprint density at radius 2 is 1.47 bits per heavy atom. The van der Waals surface area contributed by atoms with Gasteiger partial charge in [-0.1, -0.05) is 27.7 Å². The third-order valence-corrected chi connectivity index (χ3v) is 3.83. The quantitative estimate of drug-likeness (QED) is 0.765. The van der Waals surface area contributed by atoms with Crippen molar-refractivity contribution in [1.29, 1.82) is 0 Å². The van der Waals surface area contributed by atoms with Crippen molar-refractivity contribution in [2.24, 2.45) is 11.8 Å². The molecule has 0 aromatic rings. The molecule has 1 fully saturated rings. The standard InChI is InChI=1S/C16H35N3/c1-14(2)11-18(12-15(3)4)13-16(5,6)19-9-7-17-8-10-19/h14-15,17H,7-13H2,1-6H3. The van der Waals surface area contributed by atoms with Crippen LogP contribution in [0.2, 0.25) is 0 Å². The average Bonchev–Trinajstić information content (AvgIpc) is 2.27. The summed E-state index contributed by atoms with van der Waals surface area (Å²) >= 11 is 0. The van der Waals surface area contributed by atoms with Crippen LogP contribution in [0.4, 0.5) is 0 Å². The Balaban J connectivity index is 2.58. The highest BCUT2D eigenvalue weighted by atomic mass is 15.3. The summed E-state index contributed by atoms with van der Waals surface area (Å²) in [6.45, 7) is 22.4. The van der Waals surface area contributed by atoms with Crippen LogP contribution in [0, 0.1) is 11.8 Å². The first-order chi connectivity index (χ1) is 8.81. The smallest absolute Gasteiger partial charge is 0.0281 e. The number of nitrogens with zero attached hydrogens (tertiary/aromatic N) is 2. The zero-order valence-electron chi connectivity index (χ0n) is 14.0. The predicted molar refractivity (Wildman–Crippen MR) is 84.6 cm³/mol.